The minimum Gasteiger partial charge on any atom is -0.358 e. The first-order valence-corrected chi connectivity index (χ1v) is 6.30. The highest BCUT2D eigenvalue weighted by Gasteiger charge is 2.13. The second-order valence-corrected chi connectivity index (χ2v) is 4.72. The highest BCUT2D eigenvalue weighted by Crippen LogP contribution is 2.31. The maximum absolute atomic E-state index is 5.64. The Morgan fingerprint density at radius 2 is 2.05 bits per heavy atom. The molecular formula is C15H16N4. The molecule has 3 rings (SSSR count). The number of para-hydroxylation sites is 1. The van der Waals surface area contributed by atoms with E-state index in [0.717, 1.165) is 28.2 Å². The molecule has 4 nitrogen and oxygen atoms in total. The van der Waals surface area contributed by atoms with Crippen molar-refractivity contribution in [3.8, 4) is 11.3 Å². The Bertz CT molecular complexity index is 743. The molecule has 0 radical (unpaired) electrons. The van der Waals surface area contributed by atoms with Gasteiger partial charge in [-0.05, 0) is 19.4 Å². The van der Waals surface area contributed by atoms with Crippen LogP contribution < -0.4 is 5.73 Å². The molecule has 96 valence electrons. The SMILES string of the molecule is Cc1[nH]c2c(C)cccc2c1-c1cncc(CN)n1. The summed E-state index contributed by atoms with van der Waals surface area (Å²) in [6.45, 7) is 4.57. The number of nitrogens with zero attached hydrogens (tertiary/aromatic N) is 2. The Morgan fingerprint density at radius 1 is 1.21 bits per heavy atom. The van der Waals surface area contributed by atoms with Crippen LogP contribution in [0.15, 0.2) is 30.6 Å². The maximum Gasteiger partial charge on any atom is 0.0913 e. The summed E-state index contributed by atoms with van der Waals surface area (Å²) in [4.78, 5) is 12.2. The fourth-order valence-corrected chi connectivity index (χ4v) is 2.45. The first kappa shape index (κ1) is 11.9. The summed E-state index contributed by atoms with van der Waals surface area (Å²) in [6, 6.07) is 6.27. The van der Waals surface area contributed by atoms with E-state index in [9.17, 15) is 0 Å². The molecule has 2 heterocycles. The zero-order chi connectivity index (χ0) is 13.4. The standard InChI is InChI=1S/C15H16N4/c1-9-4-3-5-12-14(10(2)18-15(9)12)13-8-17-7-11(6-16)19-13/h3-5,7-8,18H,6,16H2,1-2H3. The van der Waals surface area contributed by atoms with Crippen molar-refractivity contribution in [3.05, 3.63) is 47.5 Å². The van der Waals surface area contributed by atoms with Crippen LogP contribution in [0.5, 0.6) is 0 Å². The third kappa shape index (κ3) is 1.90. The van der Waals surface area contributed by atoms with Crippen molar-refractivity contribution in [2.75, 3.05) is 0 Å². The van der Waals surface area contributed by atoms with Gasteiger partial charge in [-0.1, -0.05) is 18.2 Å². The van der Waals surface area contributed by atoms with Crippen molar-refractivity contribution in [2.24, 2.45) is 5.73 Å². The number of benzene rings is 1. The second-order valence-electron chi connectivity index (χ2n) is 4.72. The zero-order valence-electron chi connectivity index (χ0n) is 11.1. The van der Waals surface area contributed by atoms with E-state index < -0.39 is 0 Å². The highest BCUT2D eigenvalue weighted by molar-refractivity contribution is 5.97. The minimum absolute atomic E-state index is 0.404. The van der Waals surface area contributed by atoms with Crippen LogP contribution in [0.2, 0.25) is 0 Å². The number of aromatic nitrogens is 3. The van der Waals surface area contributed by atoms with Gasteiger partial charge >= 0.3 is 0 Å². The Labute approximate surface area is 111 Å². The molecule has 2 aromatic heterocycles. The lowest BCUT2D eigenvalue weighted by Gasteiger charge is -2.03. The number of nitrogens with two attached hydrogens (primary N) is 1. The van der Waals surface area contributed by atoms with Gasteiger partial charge in [0.05, 0.1) is 17.6 Å². The first-order chi connectivity index (χ1) is 9.20. The normalized spacial score (nSPS) is 11.1. The van der Waals surface area contributed by atoms with Crippen molar-refractivity contribution in [2.45, 2.75) is 20.4 Å². The van der Waals surface area contributed by atoms with E-state index in [-0.39, 0.29) is 0 Å². The molecule has 0 fully saturated rings. The predicted octanol–water partition coefficient (Wildman–Crippen LogP) is 2.70. The van der Waals surface area contributed by atoms with Crippen LogP contribution in [-0.2, 0) is 6.54 Å². The number of fused-ring (bicyclic) bond motifs is 1. The molecule has 0 spiro atoms. The van der Waals surface area contributed by atoms with Crippen LogP contribution >= 0.6 is 0 Å². The van der Waals surface area contributed by atoms with E-state index in [4.69, 9.17) is 5.73 Å². The molecule has 19 heavy (non-hydrogen) atoms. The first-order valence-electron chi connectivity index (χ1n) is 6.30. The summed E-state index contributed by atoms with van der Waals surface area (Å²) in [6.07, 6.45) is 3.50. The zero-order valence-corrected chi connectivity index (χ0v) is 11.1. The molecule has 0 unspecified atom stereocenters. The fourth-order valence-electron chi connectivity index (χ4n) is 2.45. The molecule has 3 aromatic rings. The van der Waals surface area contributed by atoms with E-state index in [0.29, 0.717) is 6.54 Å². The number of nitrogens with one attached hydrogen (secondary N) is 1. The van der Waals surface area contributed by atoms with Gasteiger partial charge in [0.25, 0.3) is 0 Å². The molecule has 0 aliphatic rings. The lowest BCUT2D eigenvalue weighted by Crippen LogP contribution is -2.01. The molecular weight excluding hydrogens is 236 g/mol. The molecule has 0 saturated heterocycles. The summed E-state index contributed by atoms with van der Waals surface area (Å²) in [5, 5.41) is 1.18. The number of aromatic amines is 1. The van der Waals surface area contributed by atoms with Gasteiger partial charge in [0, 0.05) is 34.9 Å². The molecule has 0 aliphatic carbocycles. The van der Waals surface area contributed by atoms with Crippen LogP contribution in [0, 0.1) is 13.8 Å². The molecule has 0 bridgehead atoms. The Kier molecular flexibility index (Phi) is 2.80. The summed E-state index contributed by atoms with van der Waals surface area (Å²) in [5.74, 6) is 0. The van der Waals surface area contributed by atoms with Gasteiger partial charge < -0.3 is 10.7 Å². The van der Waals surface area contributed by atoms with E-state index >= 15 is 0 Å². The van der Waals surface area contributed by atoms with E-state index in [1.165, 1.54) is 10.9 Å². The molecule has 0 amide bonds. The van der Waals surface area contributed by atoms with Gasteiger partial charge in [-0.3, -0.25) is 4.98 Å². The monoisotopic (exact) mass is 252 g/mol. The molecule has 4 heteroatoms. The number of aryl methyl sites for hydroxylation is 2. The van der Waals surface area contributed by atoms with Crippen molar-refractivity contribution in [3.63, 3.8) is 0 Å². The Hall–Kier alpha value is -2.20. The lowest BCUT2D eigenvalue weighted by molar-refractivity contribution is 0.967. The van der Waals surface area contributed by atoms with Gasteiger partial charge in [0.1, 0.15) is 0 Å². The Balaban J connectivity index is 2.30. The summed E-state index contributed by atoms with van der Waals surface area (Å²) in [5.41, 5.74) is 11.9. The average molecular weight is 252 g/mol. The van der Waals surface area contributed by atoms with Crippen molar-refractivity contribution in [1.29, 1.82) is 0 Å². The van der Waals surface area contributed by atoms with Gasteiger partial charge in [0.2, 0.25) is 0 Å². The smallest absolute Gasteiger partial charge is 0.0913 e. The van der Waals surface area contributed by atoms with Crippen LogP contribution in [-0.4, -0.2) is 15.0 Å². The van der Waals surface area contributed by atoms with E-state index in [1.54, 1.807) is 12.4 Å². The van der Waals surface area contributed by atoms with Crippen LogP contribution in [0.25, 0.3) is 22.2 Å². The molecule has 0 aliphatic heterocycles. The second kappa shape index (κ2) is 4.48. The van der Waals surface area contributed by atoms with Crippen LogP contribution in [0.3, 0.4) is 0 Å². The topological polar surface area (TPSA) is 67.6 Å². The van der Waals surface area contributed by atoms with Gasteiger partial charge in [-0.15, -0.1) is 0 Å². The molecule has 0 saturated carbocycles. The average Bonchev–Trinajstić information content (AvgIpc) is 2.77. The van der Waals surface area contributed by atoms with Crippen molar-refractivity contribution >= 4 is 10.9 Å². The third-order valence-corrected chi connectivity index (χ3v) is 3.38. The van der Waals surface area contributed by atoms with Gasteiger partial charge in [0.15, 0.2) is 0 Å². The lowest BCUT2D eigenvalue weighted by atomic mass is 10.1. The summed E-state index contributed by atoms with van der Waals surface area (Å²) in [7, 11) is 0. The predicted molar refractivity (Wildman–Crippen MR) is 76.7 cm³/mol. The van der Waals surface area contributed by atoms with Crippen molar-refractivity contribution in [1.82, 2.24) is 15.0 Å². The minimum atomic E-state index is 0.404. The largest absolute Gasteiger partial charge is 0.358 e. The van der Waals surface area contributed by atoms with E-state index in [2.05, 4.69) is 47.0 Å². The molecule has 0 atom stereocenters. The molecule has 1 aromatic carbocycles. The number of hydrogen-bond acceptors (Lipinski definition) is 3. The Morgan fingerprint density at radius 3 is 2.84 bits per heavy atom. The van der Waals surface area contributed by atoms with Gasteiger partial charge in [-0.2, -0.15) is 0 Å². The van der Waals surface area contributed by atoms with Gasteiger partial charge in [-0.25, -0.2) is 4.98 Å². The quantitative estimate of drug-likeness (QED) is 0.736. The van der Waals surface area contributed by atoms with Crippen LogP contribution in [0.4, 0.5) is 0 Å². The number of rotatable bonds is 2. The van der Waals surface area contributed by atoms with Crippen LogP contribution in [0.1, 0.15) is 17.0 Å². The summed E-state index contributed by atoms with van der Waals surface area (Å²) >= 11 is 0. The third-order valence-electron chi connectivity index (χ3n) is 3.38. The summed E-state index contributed by atoms with van der Waals surface area (Å²) < 4.78 is 0. The highest BCUT2D eigenvalue weighted by atomic mass is 14.8. The number of hydrogen-bond donors (Lipinski definition) is 2. The van der Waals surface area contributed by atoms with Crippen molar-refractivity contribution < 1.29 is 0 Å². The number of H-pyrrole nitrogens is 1. The van der Waals surface area contributed by atoms with E-state index in [1.807, 2.05) is 0 Å². The maximum atomic E-state index is 5.64. The molecule has 3 N–H and O–H groups in total. The fraction of sp³-hybridized carbons (Fsp3) is 0.200.